The van der Waals surface area contributed by atoms with Gasteiger partial charge >= 0.3 is 0 Å². The van der Waals surface area contributed by atoms with E-state index in [1.165, 1.54) is 6.21 Å². The quantitative estimate of drug-likeness (QED) is 0.682. The molecule has 4 heteroatoms. The zero-order valence-electron chi connectivity index (χ0n) is 7.09. The van der Waals surface area contributed by atoms with Crippen LogP contribution in [0.25, 0.3) is 5.70 Å². The summed E-state index contributed by atoms with van der Waals surface area (Å²) in [5.74, 6) is 0. The predicted molar refractivity (Wildman–Crippen MR) is 52.5 cm³/mol. The molecule has 3 nitrogen and oxygen atoms in total. The number of nitrogens with one attached hydrogen (secondary N) is 1. The van der Waals surface area contributed by atoms with Crippen LogP contribution >= 0.6 is 11.3 Å². The van der Waals surface area contributed by atoms with Crippen molar-refractivity contribution in [3.63, 3.8) is 0 Å². The van der Waals surface area contributed by atoms with Gasteiger partial charge in [-0.25, -0.2) is 4.98 Å². The van der Waals surface area contributed by atoms with Crippen LogP contribution in [0.5, 0.6) is 0 Å². The van der Waals surface area contributed by atoms with E-state index in [-0.39, 0.29) is 0 Å². The van der Waals surface area contributed by atoms with E-state index in [1.54, 1.807) is 17.4 Å². The van der Waals surface area contributed by atoms with Gasteiger partial charge in [0.1, 0.15) is 0 Å². The molecule has 1 aromatic rings. The highest BCUT2D eigenvalue weighted by Crippen LogP contribution is 2.21. The molecule has 0 bridgehead atoms. The monoisotopic (exact) mass is 181 g/mol. The van der Waals surface area contributed by atoms with Crippen molar-refractivity contribution >= 4 is 23.2 Å². The van der Waals surface area contributed by atoms with Crippen molar-refractivity contribution in [2.24, 2.45) is 5.73 Å². The van der Waals surface area contributed by atoms with Crippen molar-refractivity contribution in [2.75, 3.05) is 0 Å². The highest BCUT2D eigenvalue weighted by atomic mass is 32.1. The molecule has 0 radical (unpaired) electrons. The molecule has 0 aliphatic rings. The average molecular weight is 181 g/mol. The number of aryl methyl sites for hydroxylation is 2. The summed E-state index contributed by atoms with van der Waals surface area (Å²) in [5, 5.41) is 7.87. The zero-order valence-corrected chi connectivity index (χ0v) is 7.90. The lowest BCUT2D eigenvalue weighted by Crippen LogP contribution is -1.95. The maximum absolute atomic E-state index is 6.86. The fourth-order valence-electron chi connectivity index (χ4n) is 0.965. The van der Waals surface area contributed by atoms with Gasteiger partial charge in [0, 0.05) is 6.21 Å². The number of nitrogens with zero attached hydrogens (tertiary/aromatic N) is 1. The van der Waals surface area contributed by atoms with Crippen molar-refractivity contribution in [2.45, 2.75) is 13.8 Å². The van der Waals surface area contributed by atoms with Gasteiger partial charge in [0.25, 0.3) is 0 Å². The van der Waals surface area contributed by atoms with E-state index in [9.17, 15) is 0 Å². The minimum absolute atomic E-state index is 0.619. The first-order chi connectivity index (χ1) is 5.65. The summed E-state index contributed by atoms with van der Waals surface area (Å²) in [6.07, 6.45) is 2.75. The Morgan fingerprint density at radius 3 is 2.67 bits per heavy atom. The molecule has 1 heterocycles. The van der Waals surface area contributed by atoms with Gasteiger partial charge in [0.2, 0.25) is 0 Å². The molecule has 1 rings (SSSR count). The molecule has 64 valence electrons. The third kappa shape index (κ3) is 1.71. The molecule has 0 aliphatic heterocycles. The predicted octanol–water partition coefficient (Wildman–Crippen LogP) is 1.71. The topological polar surface area (TPSA) is 62.8 Å². The van der Waals surface area contributed by atoms with Crippen molar-refractivity contribution in [1.29, 1.82) is 5.41 Å². The number of hydrogen-bond acceptors (Lipinski definition) is 4. The third-order valence-electron chi connectivity index (χ3n) is 1.43. The van der Waals surface area contributed by atoms with E-state index in [0.717, 1.165) is 15.6 Å². The number of rotatable bonds is 2. The summed E-state index contributed by atoms with van der Waals surface area (Å²) >= 11 is 1.55. The molecule has 3 N–H and O–H groups in total. The molecule has 0 saturated carbocycles. The molecule has 12 heavy (non-hydrogen) atoms. The molecule has 0 spiro atoms. The Labute approximate surface area is 75.5 Å². The maximum atomic E-state index is 6.86. The molecular weight excluding hydrogens is 170 g/mol. The van der Waals surface area contributed by atoms with Crippen molar-refractivity contribution in [3.8, 4) is 0 Å². The normalized spacial score (nSPS) is 11.7. The average Bonchev–Trinajstić information content (AvgIpc) is 2.30. The van der Waals surface area contributed by atoms with Gasteiger partial charge in [-0.1, -0.05) is 0 Å². The summed E-state index contributed by atoms with van der Waals surface area (Å²) < 4.78 is 0. The molecule has 0 amide bonds. The van der Waals surface area contributed by atoms with E-state index in [2.05, 4.69) is 4.98 Å². The lowest BCUT2D eigenvalue weighted by molar-refractivity contribution is 1.19. The van der Waals surface area contributed by atoms with Gasteiger partial charge in [-0.2, -0.15) is 0 Å². The summed E-state index contributed by atoms with van der Waals surface area (Å²) in [6.45, 7) is 3.86. The number of thiazole rings is 1. The molecule has 0 fully saturated rings. The smallest absolute Gasteiger partial charge is 0.0904 e. The summed E-state index contributed by atoms with van der Waals surface area (Å²) in [4.78, 5) is 5.21. The van der Waals surface area contributed by atoms with Gasteiger partial charge in [-0.3, -0.25) is 0 Å². The maximum Gasteiger partial charge on any atom is 0.0904 e. The zero-order chi connectivity index (χ0) is 9.14. The molecule has 0 aliphatic carbocycles. The van der Waals surface area contributed by atoms with Crippen LogP contribution in [0.15, 0.2) is 6.08 Å². The van der Waals surface area contributed by atoms with Crippen LogP contribution in [0.2, 0.25) is 0 Å². The molecule has 0 atom stereocenters. The minimum Gasteiger partial charge on any atom is -0.397 e. The van der Waals surface area contributed by atoms with Gasteiger partial charge in [-0.05, 0) is 19.9 Å². The third-order valence-corrected chi connectivity index (χ3v) is 2.55. The number of nitrogens with two attached hydrogens (primary N) is 1. The van der Waals surface area contributed by atoms with Gasteiger partial charge in [-0.15, -0.1) is 11.3 Å². The lowest BCUT2D eigenvalue weighted by atomic mass is 10.3. The first-order valence-electron chi connectivity index (χ1n) is 3.55. The molecule has 1 aromatic heterocycles. The fourth-order valence-corrected chi connectivity index (χ4v) is 1.82. The van der Waals surface area contributed by atoms with Crippen LogP contribution in [0, 0.1) is 19.3 Å². The van der Waals surface area contributed by atoms with E-state index in [1.807, 2.05) is 13.8 Å². The Kier molecular flexibility index (Phi) is 2.60. The first kappa shape index (κ1) is 8.93. The fraction of sp³-hybridized carbons (Fsp3) is 0.250. The Morgan fingerprint density at radius 2 is 2.25 bits per heavy atom. The van der Waals surface area contributed by atoms with Crippen LogP contribution in [0.4, 0.5) is 0 Å². The van der Waals surface area contributed by atoms with Crippen LogP contribution in [0.1, 0.15) is 15.6 Å². The van der Waals surface area contributed by atoms with Crippen molar-refractivity contribution in [3.05, 3.63) is 21.7 Å². The second-order valence-electron chi connectivity index (χ2n) is 2.44. The Morgan fingerprint density at radius 1 is 1.58 bits per heavy atom. The highest BCUT2D eigenvalue weighted by Gasteiger charge is 2.05. The standard InChI is InChI=1S/C8H11N3S/c1-5-8(7(10)3-4-9)12-6(2)11-5/h3-4,9H,10H2,1-2H3/b7-3-,9-4?. The van der Waals surface area contributed by atoms with E-state index in [0.29, 0.717) is 5.70 Å². The van der Waals surface area contributed by atoms with Crippen LogP contribution in [-0.2, 0) is 0 Å². The second-order valence-corrected chi connectivity index (χ2v) is 3.64. The van der Waals surface area contributed by atoms with Gasteiger partial charge in [0.05, 0.1) is 21.3 Å². The Hall–Kier alpha value is -1.16. The Balaban J connectivity index is 3.10. The van der Waals surface area contributed by atoms with Crippen molar-refractivity contribution < 1.29 is 0 Å². The highest BCUT2D eigenvalue weighted by molar-refractivity contribution is 7.12. The van der Waals surface area contributed by atoms with E-state index >= 15 is 0 Å². The summed E-state index contributed by atoms with van der Waals surface area (Å²) in [6, 6.07) is 0. The first-order valence-corrected chi connectivity index (χ1v) is 4.37. The molecule has 0 unspecified atom stereocenters. The van der Waals surface area contributed by atoms with Crippen molar-refractivity contribution in [1.82, 2.24) is 4.98 Å². The van der Waals surface area contributed by atoms with E-state index < -0.39 is 0 Å². The minimum atomic E-state index is 0.619. The van der Waals surface area contributed by atoms with Gasteiger partial charge < -0.3 is 11.1 Å². The molecule has 0 aromatic carbocycles. The molecular formula is C8H11N3S. The summed E-state index contributed by atoms with van der Waals surface area (Å²) in [5.41, 5.74) is 7.26. The van der Waals surface area contributed by atoms with Gasteiger partial charge in [0.15, 0.2) is 0 Å². The van der Waals surface area contributed by atoms with E-state index in [4.69, 9.17) is 11.1 Å². The Bertz CT molecular complexity index is 325. The SMILES string of the molecule is Cc1nc(C)c(/C(N)=C/C=N)s1. The van der Waals surface area contributed by atoms with Crippen LogP contribution < -0.4 is 5.73 Å². The number of aromatic nitrogens is 1. The lowest BCUT2D eigenvalue weighted by Gasteiger charge is -1.94. The van der Waals surface area contributed by atoms with Crippen LogP contribution in [-0.4, -0.2) is 11.2 Å². The largest absolute Gasteiger partial charge is 0.397 e. The number of hydrogen-bond donors (Lipinski definition) is 2. The number of allylic oxidation sites excluding steroid dienone is 1. The summed E-state index contributed by atoms with van der Waals surface area (Å²) in [7, 11) is 0. The molecule has 0 saturated heterocycles. The second kappa shape index (κ2) is 3.49. The van der Waals surface area contributed by atoms with Crippen LogP contribution in [0.3, 0.4) is 0 Å².